The number of carbonyl (C=O) groups excluding carboxylic acids is 3. The molecule has 0 radical (unpaired) electrons. The van der Waals surface area contributed by atoms with Crippen molar-refractivity contribution in [2.45, 2.75) is 44.4 Å². The minimum atomic E-state index is -0.935. The van der Waals surface area contributed by atoms with E-state index in [-0.39, 0.29) is 42.1 Å². The summed E-state index contributed by atoms with van der Waals surface area (Å²) in [6.45, 7) is 4.71. The van der Waals surface area contributed by atoms with Gasteiger partial charge in [-0.25, -0.2) is 0 Å². The quantitative estimate of drug-likeness (QED) is 0.778. The zero-order valence-corrected chi connectivity index (χ0v) is 18.5. The number of nitrogens with zero attached hydrogens (tertiary/aromatic N) is 1. The number of ketones is 1. The van der Waals surface area contributed by atoms with E-state index in [9.17, 15) is 14.4 Å². The van der Waals surface area contributed by atoms with Gasteiger partial charge in [0, 0.05) is 17.0 Å². The number of rotatable bonds is 5. The van der Waals surface area contributed by atoms with Gasteiger partial charge in [-0.2, -0.15) is 0 Å². The second-order valence-electron chi connectivity index (χ2n) is 9.08. The highest BCUT2D eigenvalue weighted by atomic mass is 32.1. The van der Waals surface area contributed by atoms with Crippen LogP contribution in [0.5, 0.6) is 0 Å². The van der Waals surface area contributed by atoms with Gasteiger partial charge in [-0.1, -0.05) is 32.0 Å². The number of fused-ring (bicyclic) bond motifs is 1. The smallest absolute Gasteiger partial charge is 0.252 e. The fourth-order valence-electron chi connectivity index (χ4n) is 5.12. The Bertz CT molecular complexity index is 1020. The molecule has 1 aromatic carbocycles. The molecule has 3 heterocycles. The normalized spacial score (nSPS) is 29.3. The van der Waals surface area contributed by atoms with Crippen LogP contribution in [0.1, 0.15) is 37.0 Å². The molecule has 1 N–H and O–H groups in total. The maximum atomic E-state index is 13.6. The fraction of sp³-hybridized carbons (Fsp3) is 0.458. The standard InChI is InChI=1S/C24H26N2O4S/c1-14(2)17-12-24(17,23(29)26-10-9-19-21(26)18(27)13-30-19)25-22(28)16-7-5-15(6-8-16)20-4-3-11-31-20/h3-8,11,14,17,19,21H,9-10,12-13H2,1-2H3,(H,25,28)/t17?,19-,21-,24?/m1/s1. The molecule has 6 nitrogen and oxygen atoms in total. The molecule has 4 atom stereocenters. The monoisotopic (exact) mass is 438 g/mol. The Morgan fingerprint density at radius 2 is 2.00 bits per heavy atom. The number of likely N-dealkylation sites (tertiary alicyclic amines) is 1. The van der Waals surface area contributed by atoms with Crippen molar-refractivity contribution in [3.8, 4) is 10.4 Å². The summed E-state index contributed by atoms with van der Waals surface area (Å²) in [6.07, 6.45) is 1.07. The van der Waals surface area contributed by atoms with Crippen LogP contribution >= 0.6 is 11.3 Å². The number of amides is 2. The van der Waals surface area contributed by atoms with E-state index in [1.54, 1.807) is 28.4 Å². The summed E-state index contributed by atoms with van der Waals surface area (Å²) in [4.78, 5) is 41.8. The summed E-state index contributed by atoms with van der Waals surface area (Å²) in [6, 6.07) is 11.0. The Morgan fingerprint density at radius 1 is 1.23 bits per heavy atom. The molecule has 1 saturated carbocycles. The number of ether oxygens (including phenoxy) is 1. The van der Waals surface area contributed by atoms with E-state index >= 15 is 0 Å². The van der Waals surface area contributed by atoms with Crippen LogP contribution in [0, 0.1) is 11.8 Å². The molecule has 31 heavy (non-hydrogen) atoms. The Balaban J connectivity index is 1.36. The Kier molecular flexibility index (Phi) is 4.98. The van der Waals surface area contributed by atoms with Gasteiger partial charge in [0.05, 0.1) is 6.10 Å². The lowest BCUT2D eigenvalue weighted by Gasteiger charge is -2.29. The molecule has 2 aromatic rings. The van der Waals surface area contributed by atoms with Gasteiger partial charge in [-0.3, -0.25) is 14.4 Å². The summed E-state index contributed by atoms with van der Waals surface area (Å²) in [5, 5.41) is 5.08. The zero-order valence-electron chi connectivity index (χ0n) is 17.7. The number of benzene rings is 1. The number of carbonyl (C=O) groups is 3. The lowest BCUT2D eigenvalue weighted by molar-refractivity contribution is -0.139. The maximum Gasteiger partial charge on any atom is 0.252 e. The number of Topliss-reactive ketones (excluding diaryl/α,β-unsaturated/α-hetero) is 1. The first-order valence-electron chi connectivity index (χ1n) is 10.8. The fourth-order valence-corrected chi connectivity index (χ4v) is 5.85. The van der Waals surface area contributed by atoms with E-state index < -0.39 is 11.6 Å². The minimum absolute atomic E-state index is 0.0387. The van der Waals surface area contributed by atoms with Crippen molar-refractivity contribution >= 4 is 28.9 Å². The molecule has 2 aliphatic heterocycles. The molecule has 3 aliphatic rings. The van der Waals surface area contributed by atoms with Crippen LogP contribution in [-0.2, 0) is 14.3 Å². The molecule has 0 spiro atoms. The van der Waals surface area contributed by atoms with Gasteiger partial charge in [-0.15, -0.1) is 11.3 Å². The van der Waals surface area contributed by atoms with Crippen molar-refractivity contribution in [3.63, 3.8) is 0 Å². The van der Waals surface area contributed by atoms with Crippen molar-refractivity contribution in [2.75, 3.05) is 13.2 Å². The average molecular weight is 439 g/mol. The minimum Gasteiger partial charge on any atom is -0.368 e. The van der Waals surface area contributed by atoms with Gasteiger partial charge in [0.2, 0.25) is 5.91 Å². The number of thiophene rings is 1. The first-order chi connectivity index (χ1) is 14.9. The molecule has 1 aliphatic carbocycles. The molecular formula is C24H26N2O4S. The first-order valence-corrected chi connectivity index (χ1v) is 11.7. The second-order valence-corrected chi connectivity index (χ2v) is 10.0. The van der Waals surface area contributed by atoms with Crippen molar-refractivity contribution < 1.29 is 19.1 Å². The Morgan fingerprint density at radius 3 is 2.65 bits per heavy atom. The molecule has 0 bridgehead atoms. The summed E-state index contributed by atoms with van der Waals surface area (Å²) in [7, 11) is 0. The Hall–Kier alpha value is -2.51. The van der Waals surface area contributed by atoms with Crippen molar-refractivity contribution in [2.24, 2.45) is 11.8 Å². The van der Waals surface area contributed by atoms with Gasteiger partial charge in [-0.05, 0) is 53.8 Å². The van der Waals surface area contributed by atoms with E-state index in [0.29, 0.717) is 24.9 Å². The third-order valence-electron chi connectivity index (χ3n) is 6.86. The molecule has 7 heteroatoms. The third-order valence-corrected chi connectivity index (χ3v) is 7.78. The lowest BCUT2D eigenvalue weighted by atomic mass is 10.0. The summed E-state index contributed by atoms with van der Waals surface area (Å²) in [5.41, 5.74) is 0.656. The molecule has 2 saturated heterocycles. The molecule has 1 aromatic heterocycles. The van der Waals surface area contributed by atoms with E-state index in [1.165, 1.54) is 0 Å². The van der Waals surface area contributed by atoms with Gasteiger partial charge in [0.15, 0.2) is 5.78 Å². The highest BCUT2D eigenvalue weighted by Crippen LogP contribution is 2.50. The number of hydrogen-bond donors (Lipinski definition) is 1. The number of nitrogens with one attached hydrogen (secondary N) is 1. The van der Waals surface area contributed by atoms with E-state index in [4.69, 9.17) is 4.74 Å². The lowest BCUT2D eigenvalue weighted by Crippen LogP contribution is -2.55. The predicted molar refractivity (Wildman–Crippen MR) is 118 cm³/mol. The van der Waals surface area contributed by atoms with E-state index in [1.807, 2.05) is 29.6 Å². The van der Waals surface area contributed by atoms with Crippen LogP contribution in [0.2, 0.25) is 0 Å². The van der Waals surface area contributed by atoms with Crippen molar-refractivity contribution in [1.29, 1.82) is 0 Å². The molecule has 3 fully saturated rings. The second kappa shape index (κ2) is 7.57. The summed E-state index contributed by atoms with van der Waals surface area (Å²) in [5.74, 6) is -0.117. The molecule has 162 valence electrons. The maximum absolute atomic E-state index is 13.6. The summed E-state index contributed by atoms with van der Waals surface area (Å²) >= 11 is 1.65. The van der Waals surface area contributed by atoms with Gasteiger partial charge in [0.25, 0.3) is 5.91 Å². The topological polar surface area (TPSA) is 75.7 Å². The van der Waals surface area contributed by atoms with Crippen LogP contribution in [0.25, 0.3) is 10.4 Å². The number of hydrogen-bond acceptors (Lipinski definition) is 5. The SMILES string of the molecule is CC(C)C1CC1(NC(=O)c1ccc(-c2cccs2)cc1)C(=O)N1CC[C@H]2OCC(=O)[C@H]21. The van der Waals surface area contributed by atoms with Crippen LogP contribution in [-0.4, -0.2) is 53.3 Å². The Labute approximate surface area is 185 Å². The average Bonchev–Trinajstić information content (AvgIpc) is 3.16. The van der Waals surface area contributed by atoms with Crippen molar-refractivity contribution in [1.82, 2.24) is 10.2 Å². The molecule has 2 unspecified atom stereocenters. The predicted octanol–water partition coefficient (Wildman–Crippen LogP) is 3.13. The van der Waals surface area contributed by atoms with Gasteiger partial charge < -0.3 is 15.0 Å². The van der Waals surface area contributed by atoms with E-state index in [2.05, 4.69) is 19.2 Å². The molecule has 2 amide bonds. The third kappa shape index (κ3) is 3.40. The molecule has 5 rings (SSSR count). The van der Waals surface area contributed by atoms with Crippen LogP contribution in [0.4, 0.5) is 0 Å². The highest BCUT2D eigenvalue weighted by molar-refractivity contribution is 7.13. The van der Waals surface area contributed by atoms with Crippen LogP contribution in [0.3, 0.4) is 0 Å². The van der Waals surface area contributed by atoms with Crippen molar-refractivity contribution in [3.05, 3.63) is 47.3 Å². The first kappa shape index (κ1) is 20.4. The largest absolute Gasteiger partial charge is 0.368 e. The highest BCUT2D eigenvalue weighted by Gasteiger charge is 2.65. The van der Waals surface area contributed by atoms with Crippen LogP contribution in [0.15, 0.2) is 41.8 Å². The zero-order chi connectivity index (χ0) is 21.8. The van der Waals surface area contributed by atoms with E-state index in [0.717, 1.165) is 10.4 Å². The van der Waals surface area contributed by atoms with Gasteiger partial charge >= 0.3 is 0 Å². The summed E-state index contributed by atoms with van der Waals surface area (Å²) < 4.78 is 5.54. The van der Waals surface area contributed by atoms with Gasteiger partial charge in [0.1, 0.15) is 18.2 Å². The van der Waals surface area contributed by atoms with Crippen LogP contribution < -0.4 is 5.32 Å². The molecular weight excluding hydrogens is 412 g/mol.